The van der Waals surface area contributed by atoms with Crippen molar-refractivity contribution in [2.75, 3.05) is 58.3 Å². The number of halogens is 4. The molecule has 0 saturated carbocycles. The number of benzene rings is 3. The first-order chi connectivity index (χ1) is 32.7. The van der Waals surface area contributed by atoms with Crippen LogP contribution in [0.25, 0.3) is 27.6 Å². The molecule has 2 aromatic heterocycles. The van der Waals surface area contributed by atoms with E-state index in [0.717, 1.165) is 25.7 Å². The van der Waals surface area contributed by atoms with Gasteiger partial charge in [0.1, 0.15) is 5.69 Å². The van der Waals surface area contributed by atoms with Gasteiger partial charge in [0.15, 0.2) is 17.5 Å². The van der Waals surface area contributed by atoms with Gasteiger partial charge in [0.25, 0.3) is 11.8 Å². The first kappa shape index (κ1) is 46.7. The number of carbonyl (C=O) groups is 5. The summed E-state index contributed by atoms with van der Waals surface area (Å²) in [6.45, 7) is 4.90. The highest BCUT2D eigenvalue weighted by atomic mass is 35.5. The van der Waals surface area contributed by atoms with Crippen LogP contribution in [0.1, 0.15) is 94.8 Å². The number of nitrogens with zero attached hydrogens (tertiary/aromatic N) is 6. The number of aromatic amines is 1. The SMILES string of the molecule is Cc1cc(C(=O)N2CCC(C3CCN(c4ccc(-c5cc(C6=CCCN(C(=O)CCn7cccn7)C6)c(F)c6[nH]c(C(=O)N(C)C)cc56)c(F)c4F)CC3)CC2)cc(C2CCC(=O)NC2=O)c1Cl. The number of fused-ring (bicyclic) bond motifs is 1. The second kappa shape index (κ2) is 19.3. The number of imide groups is 1. The summed E-state index contributed by atoms with van der Waals surface area (Å²) >= 11 is 6.62. The van der Waals surface area contributed by atoms with Crippen LogP contribution in [-0.4, -0.2) is 112 Å². The van der Waals surface area contributed by atoms with E-state index < -0.39 is 35.2 Å². The molecule has 3 saturated heterocycles. The van der Waals surface area contributed by atoms with Gasteiger partial charge in [-0.1, -0.05) is 17.7 Å². The molecule has 3 aromatic carbocycles. The first-order valence-electron chi connectivity index (χ1n) is 23.3. The standard InChI is InChI=1S/C51H54ClF3N8O5/c1-29-24-33(25-38(44(29)52)35-8-10-42(64)58-49(35)66)50(67)61-21-13-31(14-22-61)30-11-19-60(20-12-30)41-9-7-34(45(53)47(41)55)37-26-36(46(54)48-39(37)27-40(57-48)51(68)59(2)3)32-6-4-17-62(28-32)43(65)15-23-63-18-5-16-56-63/h5-7,9,16,18,24-27,30-31,35,57H,4,8,10-15,17,19-23,28H2,1-3H3,(H,58,64,66). The fourth-order valence-electron chi connectivity index (χ4n) is 10.5. The average molecular weight is 951 g/mol. The fraction of sp³-hybridized carbons (Fsp3) is 0.412. The number of aryl methyl sites for hydroxylation is 2. The van der Waals surface area contributed by atoms with Gasteiger partial charge in [0, 0.05) is 112 Å². The molecule has 2 N–H and O–H groups in total. The Morgan fingerprint density at radius 3 is 2.28 bits per heavy atom. The Hall–Kier alpha value is -6.42. The van der Waals surface area contributed by atoms with Gasteiger partial charge in [-0.3, -0.25) is 34.0 Å². The highest BCUT2D eigenvalue weighted by Gasteiger charge is 2.35. The molecule has 5 amide bonds. The molecular weight excluding hydrogens is 897 g/mol. The van der Waals surface area contributed by atoms with E-state index in [-0.39, 0.29) is 76.1 Å². The third-order valence-corrected chi connectivity index (χ3v) is 14.8. The number of anilines is 1. The number of carbonyl (C=O) groups excluding carboxylic acids is 5. The zero-order valence-electron chi connectivity index (χ0n) is 38.3. The summed E-state index contributed by atoms with van der Waals surface area (Å²) in [4.78, 5) is 74.3. The van der Waals surface area contributed by atoms with E-state index in [1.807, 2.05) is 15.9 Å². The van der Waals surface area contributed by atoms with Gasteiger partial charge < -0.3 is 24.6 Å². The van der Waals surface area contributed by atoms with Gasteiger partial charge >= 0.3 is 0 Å². The summed E-state index contributed by atoms with van der Waals surface area (Å²) in [7, 11) is 3.13. The van der Waals surface area contributed by atoms with Crippen LogP contribution < -0.4 is 10.2 Å². The monoisotopic (exact) mass is 950 g/mol. The highest BCUT2D eigenvalue weighted by molar-refractivity contribution is 6.32. The predicted molar refractivity (Wildman–Crippen MR) is 253 cm³/mol. The Morgan fingerprint density at radius 2 is 1.59 bits per heavy atom. The van der Waals surface area contributed by atoms with Gasteiger partial charge in [0.05, 0.1) is 17.1 Å². The largest absolute Gasteiger partial charge is 0.369 e. The number of likely N-dealkylation sites (tertiary alicyclic amines) is 1. The summed E-state index contributed by atoms with van der Waals surface area (Å²) in [6.07, 6.45) is 9.60. The molecule has 4 aliphatic rings. The second-order valence-corrected chi connectivity index (χ2v) is 19.1. The Bertz CT molecular complexity index is 2850. The summed E-state index contributed by atoms with van der Waals surface area (Å²) in [5, 5.41) is 7.18. The Kier molecular flexibility index (Phi) is 13.2. The maximum Gasteiger partial charge on any atom is 0.269 e. The van der Waals surface area contributed by atoms with Crippen molar-refractivity contribution >= 4 is 63.3 Å². The van der Waals surface area contributed by atoms with Crippen molar-refractivity contribution in [2.24, 2.45) is 11.8 Å². The first-order valence-corrected chi connectivity index (χ1v) is 23.7. The maximum absolute atomic E-state index is 16.7. The van der Waals surface area contributed by atoms with Gasteiger partial charge in [-0.05, 0) is 122 Å². The number of hydrogen-bond acceptors (Lipinski definition) is 7. The smallest absolute Gasteiger partial charge is 0.269 e. The third kappa shape index (κ3) is 9.14. The zero-order chi connectivity index (χ0) is 48.0. The van der Waals surface area contributed by atoms with E-state index in [2.05, 4.69) is 15.4 Å². The van der Waals surface area contributed by atoms with Crippen molar-refractivity contribution in [3.8, 4) is 11.1 Å². The predicted octanol–water partition coefficient (Wildman–Crippen LogP) is 8.11. The van der Waals surface area contributed by atoms with Crippen LogP contribution in [0.4, 0.5) is 18.9 Å². The molecule has 68 heavy (non-hydrogen) atoms. The molecule has 1 unspecified atom stereocenters. The van der Waals surface area contributed by atoms with E-state index in [0.29, 0.717) is 91.2 Å². The Morgan fingerprint density at radius 1 is 0.853 bits per heavy atom. The van der Waals surface area contributed by atoms with Crippen molar-refractivity contribution in [3.63, 3.8) is 0 Å². The summed E-state index contributed by atoms with van der Waals surface area (Å²) in [5.41, 5.74) is 2.67. The number of nitrogens with one attached hydrogen (secondary N) is 2. The van der Waals surface area contributed by atoms with Crippen LogP contribution in [0, 0.1) is 36.2 Å². The number of H-pyrrole nitrogens is 1. The highest BCUT2D eigenvalue weighted by Crippen LogP contribution is 2.42. The molecule has 5 aromatic rings. The Balaban J connectivity index is 0.887. The van der Waals surface area contributed by atoms with Crippen molar-refractivity contribution < 1.29 is 37.1 Å². The van der Waals surface area contributed by atoms with E-state index in [4.69, 9.17) is 11.6 Å². The summed E-state index contributed by atoms with van der Waals surface area (Å²) in [5.74, 6) is -4.09. The molecular formula is C51H54ClF3N8O5. The Labute approximate surface area is 397 Å². The van der Waals surface area contributed by atoms with Crippen LogP contribution in [0.2, 0.25) is 5.02 Å². The zero-order valence-corrected chi connectivity index (χ0v) is 39.1. The lowest BCUT2D eigenvalue weighted by molar-refractivity contribution is -0.134. The molecule has 13 nitrogen and oxygen atoms in total. The van der Waals surface area contributed by atoms with Crippen molar-refractivity contribution in [2.45, 2.75) is 70.8 Å². The maximum atomic E-state index is 16.7. The molecule has 356 valence electrons. The molecule has 6 heterocycles. The van der Waals surface area contributed by atoms with E-state index in [1.54, 1.807) is 67.3 Å². The third-order valence-electron chi connectivity index (χ3n) is 14.3. The number of hydrogen-bond donors (Lipinski definition) is 2. The fourth-order valence-corrected chi connectivity index (χ4v) is 10.8. The second-order valence-electron chi connectivity index (χ2n) is 18.7. The molecule has 1 atom stereocenters. The topological polar surface area (TPSA) is 144 Å². The van der Waals surface area contributed by atoms with Gasteiger partial charge in [-0.25, -0.2) is 13.2 Å². The summed E-state index contributed by atoms with van der Waals surface area (Å²) in [6, 6.07) is 11.3. The van der Waals surface area contributed by atoms with Crippen molar-refractivity contribution in [1.82, 2.24) is 34.8 Å². The summed E-state index contributed by atoms with van der Waals surface area (Å²) < 4.78 is 51.4. The number of amides is 5. The lowest BCUT2D eigenvalue weighted by Crippen LogP contribution is -2.43. The molecule has 9 rings (SSSR count). The van der Waals surface area contributed by atoms with Crippen LogP contribution >= 0.6 is 11.6 Å². The number of aromatic nitrogens is 3. The molecule has 4 aliphatic heterocycles. The van der Waals surface area contributed by atoms with Crippen LogP contribution in [-0.2, 0) is 20.9 Å². The lowest BCUT2D eigenvalue weighted by atomic mass is 9.78. The molecule has 0 spiro atoms. The molecule has 0 radical (unpaired) electrons. The van der Waals surface area contributed by atoms with Gasteiger partial charge in [0.2, 0.25) is 17.7 Å². The van der Waals surface area contributed by atoms with Crippen LogP contribution in [0.15, 0.2) is 60.9 Å². The van der Waals surface area contributed by atoms with Crippen molar-refractivity contribution in [3.05, 3.63) is 111 Å². The van der Waals surface area contributed by atoms with E-state index in [1.165, 1.54) is 23.1 Å². The molecule has 0 aliphatic carbocycles. The van der Waals surface area contributed by atoms with Crippen molar-refractivity contribution in [1.29, 1.82) is 0 Å². The van der Waals surface area contributed by atoms with Crippen LogP contribution in [0.5, 0.6) is 0 Å². The minimum Gasteiger partial charge on any atom is -0.369 e. The van der Waals surface area contributed by atoms with Gasteiger partial charge in [-0.2, -0.15) is 5.10 Å². The van der Waals surface area contributed by atoms with Crippen LogP contribution in [0.3, 0.4) is 0 Å². The molecule has 17 heteroatoms. The quantitative estimate of drug-likeness (QED) is 0.135. The molecule has 0 bridgehead atoms. The normalized spacial score (nSPS) is 18.5. The number of rotatable bonds is 10. The lowest BCUT2D eigenvalue weighted by Gasteiger charge is -2.41. The van der Waals surface area contributed by atoms with E-state index >= 15 is 13.2 Å². The van der Waals surface area contributed by atoms with E-state index in [9.17, 15) is 24.0 Å². The average Bonchev–Trinajstić information content (AvgIpc) is 4.04. The molecule has 3 fully saturated rings. The minimum absolute atomic E-state index is 0.0223. The number of piperidine rings is 3. The minimum atomic E-state index is -1.09. The van der Waals surface area contributed by atoms with Gasteiger partial charge in [-0.15, -0.1) is 0 Å².